The molecule has 5 heteroatoms. The molecule has 0 fully saturated rings. The minimum atomic E-state index is -0.547. The number of ether oxygens (including phenoxy) is 1. The smallest absolute Gasteiger partial charge is 0.212 e. The SMILES string of the molecule is COc1ccc(-c2c3c(nc4ccccc24)C(=O)c2ccccc2C3=O)cc1F. The Kier molecular flexibility index (Phi) is 3.77. The standard InChI is InChI=1S/C24H14FNO3/c1-29-19-11-10-13(12-17(19)25)20-16-8-4-5-9-18(16)26-22-21(20)23(27)14-6-2-3-7-15(14)24(22)28/h2-12H,1H3. The second kappa shape index (κ2) is 6.34. The van der Waals surface area contributed by atoms with Gasteiger partial charge in [-0.1, -0.05) is 48.5 Å². The minimum Gasteiger partial charge on any atom is -0.494 e. The van der Waals surface area contributed by atoms with Gasteiger partial charge in [-0.2, -0.15) is 0 Å². The number of rotatable bonds is 2. The van der Waals surface area contributed by atoms with Gasteiger partial charge in [0.25, 0.3) is 0 Å². The highest BCUT2D eigenvalue weighted by Crippen LogP contribution is 2.39. The highest BCUT2D eigenvalue weighted by molar-refractivity contribution is 6.31. The lowest BCUT2D eigenvalue weighted by Gasteiger charge is -2.21. The van der Waals surface area contributed by atoms with Gasteiger partial charge in [0.1, 0.15) is 5.69 Å². The Bertz CT molecular complexity index is 1340. The van der Waals surface area contributed by atoms with Crippen LogP contribution in [0, 0.1) is 5.82 Å². The van der Waals surface area contributed by atoms with Crippen molar-refractivity contribution >= 4 is 22.5 Å². The van der Waals surface area contributed by atoms with Gasteiger partial charge in [0, 0.05) is 22.1 Å². The van der Waals surface area contributed by atoms with Gasteiger partial charge in [-0.05, 0) is 23.8 Å². The molecular weight excluding hydrogens is 369 g/mol. The number of carbonyl (C=O) groups excluding carboxylic acids is 2. The molecule has 4 aromatic rings. The molecule has 140 valence electrons. The number of methoxy groups -OCH3 is 1. The first-order valence-electron chi connectivity index (χ1n) is 9.05. The summed E-state index contributed by atoms with van der Waals surface area (Å²) in [6, 6.07) is 18.4. The van der Waals surface area contributed by atoms with Crippen LogP contribution in [0.15, 0.2) is 66.7 Å². The van der Waals surface area contributed by atoms with E-state index in [1.165, 1.54) is 19.2 Å². The summed E-state index contributed by atoms with van der Waals surface area (Å²) in [5, 5.41) is 0.677. The first-order chi connectivity index (χ1) is 14.1. The normalized spacial score (nSPS) is 12.6. The predicted octanol–water partition coefficient (Wildman–Crippen LogP) is 4.82. The molecule has 0 atom stereocenters. The van der Waals surface area contributed by atoms with Gasteiger partial charge >= 0.3 is 0 Å². The number of pyridine rings is 1. The molecule has 3 aromatic carbocycles. The lowest BCUT2D eigenvalue weighted by molar-refractivity contribution is 0.0976. The summed E-state index contributed by atoms with van der Waals surface area (Å²) >= 11 is 0. The van der Waals surface area contributed by atoms with E-state index in [-0.39, 0.29) is 28.6 Å². The second-order valence-corrected chi connectivity index (χ2v) is 6.78. The van der Waals surface area contributed by atoms with Gasteiger partial charge in [-0.15, -0.1) is 0 Å². The third-order valence-corrected chi connectivity index (χ3v) is 5.19. The summed E-state index contributed by atoms with van der Waals surface area (Å²) in [5.41, 5.74) is 2.52. The van der Waals surface area contributed by atoms with Gasteiger partial charge in [0.2, 0.25) is 5.78 Å². The van der Waals surface area contributed by atoms with Crippen molar-refractivity contribution in [3.8, 4) is 16.9 Å². The molecular formula is C24H14FNO3. The number of hydrogen-bond acceptors (Lipinski definition) is 4. The number of aromatic nitrogens is 1. The summed E-state index contributed by atoms with van der Waals surface area (Å²) in [5.74, 6) is -1.04. The largest absolute Gasteiger partial charge is 0.494 e. The number of hydrogen-bond donors (Lipinski definition) is 0. The maximum atomic E-state index is 14.5. The minimum absolute atomic E-state index is 0.0960. The zero-order valence-electron chi connectivity index (χ0n) is 15.4. The van der Waals surface area contributed by atoms with Crippen molar-refractivity contribution in [1.29, 1.82) is 0 Å². The van der Waals surface area contributed by atoms with Crippen LogP contribution in [0.25, 0.3) is 22.0 Å². The van der Waals surface area contributed by atoms with Crippen LogP contribution in [0.2, 0.25) is 0 Å². The number of carbonyl (C=O) groups is 2. The van der Waals surface area contributed by atoms with Crippen LogP contribution in [0.1, 0.15) is 32.0 Å². The fourth-order valence-corrected chi connectivity index (χ4v) is 3.86. The van der Waals surface area contributed by atoms with E-state index >= 15 is 0 Å². The monoisotopic (exact) mass is 383 g/mol. The molecule has 0 bridgehead atoms. The van der Waals surface area contributed by atoms with Gasteiger partial charge in [-0.25, -0.2) is 9.37 Å². The Labute approximate surface area is 165 Å². The highest BCUT2D eigenvalue weighted by atomic mass is 19.1. The molecule has 0 spiro atoms. The van der Waals surface area contributed by atoms with Crippen LogP contribution in [0.4, 0.5) is 4.39 Å². The topological polar surface area (TPSA) is 56.3 Å². The third kappa shape index (κ3) is 2.48. The van der Waals surface area contributed by atoms with Gasteiger partial charge in [0.05, 0.1) is 18.2 Å². The first-order valence-corrected chi connectivity index (χ1v) is 9.05. The second-order valence-electron chi connectivity index (χ2n) is 6.78. The van der Waals surface area contributed by atoms with Crippen LogP contribution in [0.5, 0.6) is 5.75 Å². The van der Waals surface area contributed by atoms with E-state index in [1.807, 2.05) is 18.2 Å². The van der Waals surface area contributed by atoms with E-state index in [2.05, 4.69) is 4.98 Å². The van der Waals surface area contributed by atoms with Crippen molar-refractivity contribution in [2.45, 2.75) is 0 Å². The maximum Gasteiger partial charge on any atom is 0.212 e. The van der Waals surface area contributed by atoms with Gasteiger partial charge in [-0.3, -0.25) is 9.59 Å². The number of nitrogens with zero attached hydrogens (tertiary/aromatic N) is 1. The fourth-order valence-electron chi connectivity index (χ4n) is 3.86. The molecule has 5 rings (SSSR count). The summed E-state index contributed by atoms with van der Waals surface area (Å²) < 4.78 is 19.5. The predicted molar refractivity (Wildman–Crippen MR) is 107 cm³/mol. The summed E-state index contributed by atoms with van der Waals surface area (Å²) in [6.07, 6.45) is 0. The quantitative estimate of drug-likeness (QED) is 0.438. The van der Waals surface area contributed by atoms with Crippen LogP contribution in [-0.2, 0) is 0 Å². The molecule has 1 aliphatic carbocycles. The van der Waals surface area contributed by atoms with Crippen LogP contribution in [0.3, 0.4) is 0 Å². The molecule has 0 radical (unpaired) electrons. The number of para-hydroxylation sites is 1. The van der Waals surface area contributed by atoms with E-state index in [1.54, 1.807) is 36.4 Å². The van der Waals surface area contributed by atoms with Crippen LogP contribution in [-0.4, -0.2) is 23.7 Å². The lowest BCUT2D eigenvalue weighted by Crippen LogP contribution is -2.23. The van der Waals surface area contributed by atoms with Crippen molar-refractivity contribution in [3.05, 3.63) is 94.9 Å². The van der Waals surface area contributed by atoms with Gasteiger partial charge in [0.15, 0.2) is 17.3 Å². The number of halogens is 1. The van der Waals surface area contributed by atoms with Crippen molar-refractivity contribution in [3.63, 3.8) is 0 Å². The zero-order valence-corrected chi connectivity index (χ0v) is 15.4. The molecule has 1 aromatic heterocycles. The van der Waals surface area contributed by atoms with E-state index in [0.717, 1.165) is 0 Å². The maximum absolute atomic E-state index is 14.5. The fraction of sp³-hybridized carbons (Fsp3) is 0.0417. The number of fused-ring (bicyclic) bond motifs is 3. The Morgan fingerprint density at radius 1 is 0.828 bits per heavy atom. The first kappa shape index (κ1) is 17.3. The average Bonchev–Trinajstić information content (AvgIpc) is 2.76. The van der Waals surface area contributed by atoms with Crippen molar-refractivity contribution in [2.75, 3.05) is 7.11 Å². The average molecular weight is 383 g/mol. The molecule has 0 unspecified atom stereocenters. The Morgan fingerprint density at radius 2 is 1.52 bits per heavy atom. The molecule has 0 saturated carbocycles. The van der Waals surface area contributed by atoms with Crippen LogP contribution >= 0.6 is 0 Å². The van der Waals surface area contributed by atoms with E-state index in [9.17, 15) is 14.0 Å². The molecule has 1 aliphatic rings. The molecule has 0 amide bonds. The molecule has 0 N–H and O–H groups in total. The van der Waals surface area contributed by atoms with Crippen LogP contribution < -0.4 is 4.74 Å². The zero-order chi connectivity index (χ0) is 20.1. The van der Waals surface area contributed by atoms with Gasteiger partial charge < -0.3 is 4.74 Å². The molecule has 1 heterocycles. The third-order valence-electron chi connectivity index (χ3n) is 5.19. The molecule has 0 aliphatic heterocycles. The Hall–Kier alpha value is -3.86. The highest BCUT2D eigenvalue weighted by Gasteiger charge is 2.34. The van der Waals surface area contributed by atoms with Crippen molar-refractivity contribution < 1.29 is 18.7 Å². The number of ketones is 2. The summed E-state index contributed by atoms with van der Waals surface area (Å²) in [7, 11) is 1.39. The van der Waals surface area contributed by atoms with E-state index < -0.39 is 5.82 Å². The molecule has 0 saturated heterocycles. The summed E-state index contributed by atoms with van der Waals surface area (Å²) in [6.45, 7) is 0. The Balaban J connectivity index is 1.90. The number of benzene rings is 3. The van der Waals surface area contributed by atoms with Crippen molar-refractivity contribution in [1.82, 2.24) is 4.98 Å². The Morgan fingerprint density at radius 3 is 2.24 bits per heavy atom. The van der Waals surface area contributed by atoms with Crippen molar-refractivity contribution in [2.24, 2.45) is 0 Å². The molecule has 29 heavy (non-hydrogen) atoms. The van der Waals surface area contributed by atoms with E-state index in [0.29, 0.717) is 33.2 Å². The van der Waals surface area contributed by atoms with E-state index in [4.69, 9.17) is 4.74 Å². The lowest BCUT2D eigenvalue weighted by atomic mass is 9.82. The summed E-state index contributed by atoms with van der Waals surface area (Å²) in [4.78, 5) is 31.0. The molecule has 4 nitrogen and oxygen atoms in total.